The van der Waals surface area contributed by atoms with E-state index >= 15 is 0 Å². The van der Waals surface area contributed by atoms with Gasteiger partial charge in [-0.3, -0.25) is 9.69 Å². The van der Waals surface area contributed by atoms with E-state index in [-0.39, 0.29) is 11.2 Å². The van der Waals surface area contributed by atoms with Gasteiger partial charge in [-0.15, -0.1) is 0 Å². The van der Waals surface area contributed by atoms with Gasteiger partial charge in [0.25, 0.3) is 0 Å². The SMILES string of the molecule is COc1ccc(C(C)(C)C)cc1C(=O)CN1CCOCC1. The molecule has 0 radical (unpaired) electrons. The summed E-state index contributed by atoms with van der Waals surface area (Å²) in [4.78, 5) is 14.7. The van der Waals surface area contributed by atoms with Crippen molar-refractivity contribution in [3.05, 3.63) is 29.3 Å². The summed E-state index contributed by atoms with van der Waals surface area (Å²) in [6.07, 6.45) is 0. The van der Waals surface area contributed by atoms with Crippen LogP contribution in [0.1, 0.15) is 36.7 Å². The van der Waals surface area contributed by atoms with Crippen molar-refractivity contribution < 1.29 is 14.3 Å². The third-order valence-electron chi connectivity index (χ3n) is 3.84. The van der Waals surface area contributed by atoms with Gasteiger partial charge in [0.2, 0.25) is 0 Å². The first-order valence-electron chi connectivity index (χ1n) is 7.43. The summed E-state index contributed by atoms with van der Waals surface area (Å²) >= 11 is 0. The number of carbonyl (C=O) groups excluding carboxylic acids is 1. The number of Topliss-reactive ketones (excluding diaryl/α,β-unsaturated/α-hetero) is 1. The molecular formula is C17H25NO3. The Morgan fingerprint density at radius 3 is 2.52 bits per heavy atom. The molecule has 1 aromatic carbocycles. The monoisotopic (exact) mass is 291 g/mol. The molecule has 0 bridgehead atoms. The summed E-state index contributed by atoms with van der Waals surface area (Å²) in [6.45, 7) is 9.88. The van der Waals surface area contributed by atoms with E-state index in [4.69, 9.17) is 9.47 Å². The third kappa shape index (κ3) is 4.05. The van der Waals surface area contributed by atoms with Crippen LogP contribution in [0.5, 0.6) is 5.75 Å². The smallest absolute Gasteiger partial charge is 0.180 e. The second-order valence-corrected chi connectivity index (χ2v) is 6.48. The largest absolute Gasteiger partial charge is 0.496 e. The second-order valence-electron chi connectivity index (χ2n) is 6.48. The van der Waals surface area contributed by atoms with Gasteiger partial charge >= 0.3 is 0 Å². The zero-order valence-electron chi connectivity index (χ0n) is 13.4. The van der Waals surface area contributed by atoms with E-state index in [1.807, 2.05) is 18.2 Å². The van der Waals surface area contributed by atoms with Gasteiger partial charge in [-0.05, 0) is 23.1 Å². The topological polar surface area (TPSA) is 38.8 Å². The third-order valence-corrected chi connectivity index (χ3v) is 3.84. The molecule has 0 unspecified atom stereocenters. The van der Waals surface area contributed by atoms with E-state index in [0.29, 0.717) is 31.1 Å². The molecule has 1 saturated heterocycles. The molecule has 0 atom stereocenters. The van der Waals surface area contributed by atoms with Gasteiger partial charge in [-0.2, -0.15) is 0 Å². The predicted molar refractivity (Wildman–Crippen MR) is 83.3 cm³/mol. The average molecular weight is 291 g/mol. The number of ether oxygens (including phenoxy) is 2. The normalized spacial score (nSPS) is 16.8. The fraction of sp³-hybridized carbons (Fsp3) is 0.588. The maximum absolute atomic E-state index is 12.6. The van der Waals surface area contributed by atoms with Gasteiger partial charge in [0.15, 0.2) is 5.78 Å². The molecule has 4 heteroatoms. The molecule has 1 fully saturated rings. The van der Waals surface area contributed by atoms with Crippen LogP contribution in [-0.4, -0.2) is 50.6 Å². The van der Waals surface area contributed by atoms with E-state index in [9.17, 15) is 4.79 Å². The molecule has 1 heterocycles. The van der Waals surface area contributed by atoms with Crippen molar-refractivity contribution in [3.8, 4) is 5.75 Å². The molecule has 0 N–H and O–H groups in total. The fourth-order valence-corrected chi connectivity index (χ4v) is 2.44. The molecule has 116 valence electrons. The summed E-state index contributed by atoms with van der Waals surface area (Å²) in [5.74, 6) is 0.765. The predicted octanol–water partition coefficient (Wildman–Crippen LogP) is 2.51. The van der Waals surface area contributed by atoms with Gasteiger partial charge in [0, 0.05) is 13.1 Å². The van der Waals surface area contributed by atoms with Crippen molar-refractivity contribution in [3.63, 3.8) is 0 Å². The molecule has 2 rings (SSSR count). The van der Waals surface area contributed by atoms with Crippen LogP contribution in [-0.2, 0) is 10.2 Å². The highest BCUT2D eigenvalue weighted by Crippen LogP contribution is 2.28. The Kier molecular flexibility index (Phi) is 5.01. The number of nitrogens with zero attached hydrogens (tertiary/aromatic N) is 1. The molecule has 0 spiro atoms. The first kappa shape index (κ1) is 16.0. The number of ketones is 1. The van der Waals surface area contributed by atoms with Crippen molar-refractivity contribution in [2.75, 3.05) is 40.0 Å². The van der Waals surface area contributed by atoms with Crippen molar-refractivity contribution in [2.24, 2.45) is 0 Å². The standard InChI is InChI=1S/C17H25NO3/c1-17(2,3)13-5-6-16(20-4)14(11-13)15(19)12-18-7-9-21-10-8-18/h5-6,11H,7-10,12H2,1-4H3. The number of hydrogen-bond acceptors (Lipinski definition) is 4. The van der Waals surface area contributed by atoms with Gasteiger partial charge < -0.3 is 9.47 Å². The van der Waals surface area contributed by atoms with Crippen LogP contribution in [0.25, 0.3) is 0 Å². The lowest BCUT2D eigenvalue weighted by molar-refractivity contribution is 0.0370. The van der Waals surface area contributed by atoms with Crippen molar-refractivity contribution in [1.82, 2.24) is 4.90 Å². The Morgan fingerprint density at radius 1 is 1.29 bits per heavy atom. The van der Waals surface area contributed by atoms with Crippen LogP contribution >= 0.6 is 0 Å². The fourth-order valence-electron chi connectivity index (χ4n) is 2.44. The Hall–Kier alpha value is -1.39. The Morgan fingerprint density at radius 2 is 1.95 bits per heavy atom. The second kappa shape index (κ2) is 6.58. The number of methoxy groups -OCH3 is 1. The lowest BCUT2D eigenvalue weighted by Gasteiger charge is -2.26. The van der Waals surface area contributed by atoms with Gasteiger partial charge in [0.05, 0.1) is 32.4 Å². The molecule has 1 aliphatic rings. The summed E-state index contributed by atoms with van der Waals surface area (Å²) in [5, 5.41) is 0. The minimum Gasteiger partial charge on any atom is -0.496 e. The maximum atomic E-state index is 12.6. The minimum absolute atomic E-state index is 0.0142. The molecule has 21 heavy (non-hydrogen) atoms. The lowest BCUT2D eigenvalue weighted by atomic mass is 9.85. The van der Waals surface area contributed by atoms with Crippen LogP contribution in [0.2, 0.25) is 0 Å². The quantitative estimate of drug-likeness (QED) is 0.799. The number of rotatable bonds is 4. The molecule has 1 aromatic rings. The number of hydrogen-bond donors (Lipinski definition) is 0. The van der Waals surface area contributed by atoms with E-state index in [1.165, 1.54) is 0 Å². The van der Waals surface area contributed by atoms with Gasteiger partial charge in [0.1, 0.15) is 5.75 Å². The summed E-state index contributed by atoms with van der Waals surface area (Å²) in [5.41, 5.74) is 1.84. The lowest BCUT2D eigenvalue weighted by Crippen LogP contribution is -2.39. The highest BCUT2D eigenvalue weighted by Gasteiger charge is 2.21. The first-order chi connectivity index (χ1) is 9.91. The Bertz CT molecular complexity index is 499. The van der Waals surface area contributed by atoms with Crippen LogP contribution < -0.4 is 4.74 Å². The summed E-state index contributed by atoms with van der Waals surface area (Å²) < 4.78 is 10.7. The maximum Gasteiger partial charge on any atom is 0.180 e. The highest BCUT2D eigenvalue weighted by molar-refractivity contribution is 6.00. The van der Waals surface area contributed by atoms with Crippen LogP contribution in [0, 0.1) is 0 Å². The molecule has 4 nitrogen and oxygen atoms in total. The molecule has 0 saturated carbocycles. The number of carbonyl (C=O) groups is 1. The van der Waals surface area contributed by atoms with Crippen LogP contribution in [0.4, 0.5) is 0 Å². The van der Waals surface area contributed by atoms with Crippen LogP contribution in [0.15, 0.2) is 18.2 Å². The van der Waals surface area contributed by atoms with E-state index in [2.05, 4.69) is 25.7 Å². The minimum atomic E-state index is 0.0142. The average Bonchev–Trinajstić information content (AvgIpc) is 2.46. The number of morpholine rings is 1. The zero-order chi connectivity index (χ0) is 15.5. The summed E-state index contributed by atoms with van der Waals surface area (Å²) in [6, 6.07) is 5.90. The molecular weight excluding hydrogens is 266 g/mol. The Labute approximate surface area is 127 Å². The van der Waals surface area contributed by atoms with E-state index in [0.717, 1.165) is 18.7 Å². The van der Waals surface area contributed by atoms with E-state index in [1.54, 1.807) is 7.11 Å². The van der Waals surface area contributed by atoms with Crippen molar-refractivity contribution in [2.45, 2.75) is 26.2 Å². The summed E-state index contributed by atoms with van der Waals surface area (Å²) in [7, 11) is 1.61. The van der Waals surface area contributed by atoms with Crippen molar-refractivity contribution in [1.29, 1.82) is 0 Å². The number of benzene rings is 1. The van der Waals surface area contributed by atoms with Gasteiger partial charge in [-0.25, -0.2) is 0 Å². The van der Waals surface area contributed by atoms with Crippen LogP contribution in [0.3, 0.4) is 0 Å². The van der Waals surface area contributed by atoms with Gasteiger partial charge in [-0.1, -0.05) is 26.8 Å². The molecule has 0 aliphatic carbocycles. The Balaban J connectivity index is 2.21. The molecule has 0 amide bonds. The zero-order valence-corrected chi connectivity index (χ0v) is 13.4. The van der Waals surface area contributed by atoms with Crippen molar-refractivity contribution >= 4 is 5.78 Å². The highest BCUT2D eigenvalue weighted by atomic mass is 16.5. The molecule has 1 aliphatic heterocycles. The molecule has 0 aromatic heterocycles. The van der Waals surface area contributed by atoms with E-state index < -0.39 is 0 Å². The first-order valence-corrected chi connectivity index (χ1v) is 7.43.